The Morgan fingerprint density at radius 1 is 1.28 bits per heavy atom. The first kappa shape index (κ1) is 18.9. The molecule has 0 aromatic heterocycles. The number of hydrogen-bond donors (Lipinski definition) is 2. The Morgan fingerprint density at radius 2 is 1.96 bits per heavy atom. The Morgan fingerprint density at radius 3 is 2.60 bits per heavy atom. The Hall–Kier alpha value is -2.47. The van der Waals surface area contributed by atoms with Crippen LogP contribution in [-0.2, 0) is 9.53 Å². The summed E-state index contributed by atoms with van der Waals surface area (Å²) in [5.41, 5.74) is 7.33. The molecule has 1 atom stereocenters. The maximum absolute atomic E-state index is 14.5. The number of esters is 1. The molecule has 0 saturated carbocycles. The number of carbonyl (C=O) groups is 1. The summed E-state index contributed by atoms with van der Waals surface area (Å²) in [5.74, 6) is -1.65. The van der Waals surface area contributed by atoms with Gasteiger partial charge in [0.2, 0.25) is 0 Å². The summed E-state index contributed by atoms with van der Waals surface area (Å²) in [6.07, 6.45) is -0.179. The van der Waals surface area contributed by atoms with Gasteiger partial charge in [0.25, 0.3) is 0 Å². The van der Waals surface area contributed by atoms with Gasteiger partial charge in [0, 0.05) is 17.2 Å². The van der Waals surface area contributed by atoms with Crippen LogP contribution in [0.4, 0.5) is 8.78 Å². The fourth-order valence-corrected chi connectivity index (χ4v) is 2.76. The molecule has 0 heterocycles. The van der Waals surface area contributed by atoms with Crippen LogP contribution in [0.15, 0.2) is 24.3 Å². The van der Waals surface area contributed by atoms with Crippen LogP contribution in [0.5, 0.6) is 5.75 Å². The maximum Gasteiger partial charge on any atom is 0.307 e. The summed E-state index contributed by atoms with van der Waals surface area (Å²) >= 11 is 0. The van der Waals surface area contributed by atoms with E-state index in [0.717, 1.165) is 6.07 Å². The van der Waals surface area contributed by atoms with E-state index in [0.29, 0.717) is 5.56 Å². The summed E-state index contributed by atoms with van der Waals surface area (Å²) in [6.45, 7) is 4.96. The first-order chi connectivity index (χ1) is 11.8. The van der Waals surface area contributed by atoms with E-state index in [2.05, 4.69) is 0 Å². The second-order valence-corrected chi connectivity index (χ2v) is 5.88. The Balaban J connectivity index is 2.52. The van der Waals surface area contributed by atoms with Crippen LogP contribution in [0.3, 0.4) is 0 Å². The number of aromatic hydroxyl groups is 1. The Labute approximate surface area is 145 Å². The normalized spacial score (nSPS) is 12.1. The van der Waals surface area contributed by atoms with Gasteiger partial charge < -0.3 is 15.6 Å². The molecule has 0 spiro atoms. The number of rotatable bonds is 5. The van der Waals surface area contributed by atoms with Crippen LogP contribution < -0.4 is 5.73 Å². The Kier molecular flexibility index (Phi) is 5.74. The van der Waals surface area contributed by atoms with E-state index < -0.39 is 23.6 Å². The molecule has 0 bridgehead atoms. The molecule has 4 nitrogen and oxygen atoms in total. The first-order valence-corrected chi connectivity index (χ1v) is 7.95. The van der Waals surface area contributed by atoms with Gasteiger partial charge >= 0.3 is 5.97 Å². The molecule has 25 heavy (non-hydrogen) atoms. The summed E-state index contributed by atoms with van der Waals surface area (Å²) in [4.78, 5) is 11.6. The van der Waals surface area contributed by atoms with Crippen molar-refractivity contribution in [2.24, 2.45) is 5.73 Å². The monoisotopic (exact) mass is 349 g/mol. The zero-order valence-electron chi connectivity index (χ0n) is 14.4. The molecule has 134 valence electrons. The zero-order valence-corrected chi connectivity index (χ0v) is 14.4. The molecule has 0 aliphatic rings. The highest BCUT2D eigenvalue weighted by Gasteiger charge is 2.21. The van der Waals surface area contributed by atoms with Gasteiger partial charge in [-0.1, -0.05) is 0 Å². The second-order valence-electron chi connectivity index (χ2n) is 5.88. The number of ether oxygens (including phenoxy) is 1. The van der Waals surface area contributed by atoms with Gasteiger partial charge in [-0.15, -0.1) is 0 Å². The molecule has 0 fully saturated rings. The van der Waals surface area contributed by atoms with Gasteiger partial charge in [-0.05, 0) is 61.7 Å². The van der Waals surface area contributed by atoms with E-state index in [-0.39, 0.29) is 41.0 Å². The fraction of sp³-hybridized carbons (Fsp3) is 0.316. The third kappa shape index (κ3) is 3.96. The topological polar surface area (TPSA) is 72.5 Å². The molecule has 0 amide bonds. The van der Waals surface area contributed by atoms with Crippen molar-refractivity contribution in [2.45, 2.75) is 33.2 Å². The lowest BCUT2D eigenvalue weighted by Crippen LogP contribution is -2.19. The van der Waals surface area contributed by atoms with Gasteiger partial charge in [-0.3, -0.25) is 4.79 Å². The van der Waals surface area contributed by atoms with Crippen LogP contribution in [0, 0.1) is 25.5 Å². The van der Waals surface area contributed by atoms with E-state index in [4.69, 9.17) is 10.5 Å². The number of phenolic OH excluding ortho intramolecular Hbond substituents is 1. The average Bonchev–Trinajstić information content (AvgIpc) is 2.54. The molecule has 0 saturated heterocycles. The van der Waals surface area contributed by atoms with Gasteiger partial charge in [0.1, 0.15) is 17.4 Å². The van der Waals surface area contributed by atoms with E-state index in [1.165, 1.54) is 25.1 Å². The lowest BCUT2D eigenvalue weighted by Gasteiger charge is -2.17. The lowest BCUT2D eigenvalue weighted by atomic mass is 9.92. The van der Waals surface area contributed by atoms with Crippen LogP contribution in [0.1, 0.15) is 36.1 Å². The maximum atomic E-state index is 14.5. The molecule has 2 aromatic rings. The molecule has 0 aliphatic heterocycles. The van der Waals surface area contributed by atoms with Gasteiger partial charge in [-0.25, -0.2) is 8.78 Å². The molecule has 2 rings (SSSR count). The molecule has 3 N–H and O–H groups in total. The number of nitrogens with two attached hydrogens (primary N) is 1. The van der Waals surface area contributed by atoms with Crippen molar-refractivity contribution in [2.75, 3.05) is 6.61 Å². The molecule has 6 heteroatoms. The number of benzene rings is 2. The molecule has 0 unspecified atom stereocenters. The molecular weight excluding hydrogens is 328 g/mol. The van der Waals surface area contributed by atoms with Crippen molar-refractivity contribution in [1.82, 2.24) is 0 Å². The number of hydrogen-bond acceptors (Lipinski definition) is 4. The highest BCUT2D eigenvalue weighted by atomic mass is 19.1. The van der Waals surface area contributed by atoms with Crippen LogP contribution >= 0.6 is 0 Å². The summed E-state index contributed by atoms with van der Waals surface area (Å²) in [5, 5.41) is 10.1. The first-order valence-electron chi connectivity index (χ1n) is 7.95. The summed E-state index contributed by atoms with van der Waals surface area (Å²) in [7, 11) is 0. The SMILES string of the molecule is CCOC(=O)C[C@H](N)c1cc(-c2c(O)ccc(F)c2C)cc(C)c1F. The van der Waals surface area contributed by atoms with E-state index >= 15 is 0 Å². The minimum Gasteiger partial charge on any atom is -0.507 e. The number of aryl methyl sites for hydroxylation is 1. The minimum atomic E-state index is -0.909. The number of carbonyl (C=O) groups excluding carboxylic acids is 1. The quantitative estimate of drug-likeness (QED) is 0.803. The predicted octanol–water partition coefficient (Wildman–Crippen LogP) is 3.91. The molecule has 2 aromatic carbocycles. The largest absolute Gasteiger partial charge is 0.507 e. The average molecular weight is 349 g/mol. The predicted molar refractivity (Wildman–Crippen MR) is 91.1 cm³/mol. The van der Waals surface area contributed by atoms with Crippen LogP contribution in [0.25, 0.3) is 11.1 Å². The van der Waals surface area contributed by atoms with Crippen molar-refractivity contribution in [3.63, 3.8) is 0 Å². The lowest BCUT2D eigenvalue weighted by molar-refractivity contribution is -0.143. The standard InChI is InChI=1S/C19H21F2NO3/c1-4-25-17(24)9-15(22)13-8-12(7-10(2)19(13)21)18-11(3)14(20)5-6-16(18)23/h5-8,15,23H,4,9,22H2,1-3H3/t15-/m0/s1. The smallest absolute Gasteiger partial charge is 0.307 e. The highest BCUT2D eigenvalue weighted by molar-refractivity contribution is 5.75. The van der Waals surface area contributed by atoms with Crippen molar-refractivity contribution < 1.29 is 23.4 Å². The van der Waals surface area contributed by atoms with Crippen LogP contribution in [-0.4, -0.2) is 17.7 Å². The van der Waals surface area contributed by atoms with E-state index in [1.807, 2.05) is 0 Å². The summed E-state index contributed by atoms with van der Waals surface area (Å²) < 4.78 is 33.2. The third-order valence-electron chi connectivity index (χ3n) is 4.04. The molecule has 0 aliphatic carbocycles. The van der Waals surface area contributed by atoms with Gasteiger partial charge in [-0.2, -0.15) is 0 Å². The van der Waals surface area contributed by atoms with E-state index in [1.54, 1.807) is 13.8 Å². The molecule has 0 radical (unpaired) electrons. The van der Waals surface area contributed by atoms with Gasteiger partial charge in [0.15, 0.2) is 0 Å². The van der Waals surface area contributed by atoms with Crippen molar-refractivity contribution in [3.05, 3.63) is 52.6 Å². The molecular formula is C19H21F2NO3. The second kappa shape index (κ2) is 7.61. The highest BCUT2D eigenvalue weighted by Crippen LogP contribution is 2.36. The van der Waals surface area contributed by atoms with Gasteiger partial charge in [0.05, 0.1) is 13.0 Å². The van der Waals surface area contributed by atoms with Crippen molar-refractivity contribution in [1.29, 1.82) is 0 Å². The van der Waals surface area contributed by atoms with Crippen molar-refractivity contribution >= 4 is 5.97 Å². The number of phenols is 1. The Bertz CT molecular complexity index is 806. The number of halogens is 2. The zero-order chi connectivity index (χ0) is 18.7. The third-order valence-corrected chi connectivity index (χ3v) is 4.04. The minimum absolute atomic E-state index is 0.116. The van der Waals surface area contributed by atoms with Crippen molar-refractivity contribution in [3.8, 4) is 16.9 Å². The summed E-state index contributed by atoms with van der Waals surface area (Å²) in [6, 6.07) is 4.45. The van der Waals surface area contributed by atoms with Crippen LogP contribution in [0.2, 0.25) is 0 Å². The fourth-order valence-electron chi connectivity index (χ4n) is 2.76. The van der Waals surface area contributed by atoms with E-state index in [9.17, 15) is 18.7 Å².